The first kappa shape index (κ1) is 25.7. The van der Waals surface area contributed by atoms with Crippen LogP contribution in [-0.4, -0.2) is 56.0 Å². The van der Waals surface area contributed by atoms with Crippen molar-refractivity contribution in [3.63, 3.8) is 0 Å². The summed E-state index contributed by atoms with van der Waals surface area (Å²) >= 11 is 0. The molecule has 1 amide bonds. The molecule has 8 heteroatoms. The average Bonchev–Trinajstić information content (AvgIpc) is 2.84. The maximum Gasteiger partial charge on any atom is 0.257 e. The Morgan fingerprint density at radius 3 is 2.51 bits per heavy atom. The zero-order valence-corrected chi connectivity index (χ0v) is 20.3. The molecule has 0 aliphatic carbocycles. The maximum atomic E-state index is 12.9. The summed E-state index contributed by atoms with van der Waals surface area (Å²) < 4.78 is 21.8. The van der Waals surface area contributed by atoms with E-state index >= 15 is 0 Å². The minimum absolute atomic E-state index is 0.206. The molecular formula is C27H29N3O5. The van der Waals surface area contributed by atoms with E-state index in [1.165, 1.54) is 6.20 Å². The van der Waals surface area contributed by atoms with Crippen molar-refractivity contribution in [2.75, 3.05) is 39.4 Å². The molecule has 1 N–H and O–H groups in total. The molecule has 0 spiro atoms. The second-order valence-corrected chi connectivity index (χ2v) is 7.75. The molecule has 0 radical (unpaired) electrons. The van der Waals surface area contributed by atoms with E-state index in [9.17, 15) is 4.79 Å². The van der Waals surface area contributed by atoms with Gasteiger partial charge in [0.15, 0.2) is 5.82 Å². The Kier molecular flexibility index (Phi) is 9.60. The second kappa shape index (κ2) is 13.1. The molecule has 0 saturated carbocycles. The van der Waals surface area contributed by atoms with Crippen LogP contribution >= 0.6 is 0 Å². The molecule has 0 aliphatic heterocycles. The van der Waals surface area contributed by atoms with Gasteiger partial charge in [0, 0.05) is 30.9 Å². The number of amides is 1. The number of nitrogens with zero attached hydrogens (tertiary/aromatic N) is 2. The monoisotopic (exact) mass is 475 g/mol. The van der Waals surface area contributed by atoms with Crippen LogP contribution in [-0.2, 0) is 9.47 Å². The second-order valence-electron chi connectivity index (χ2n) is 7.75. The number of benzene rings is 2. The summed E-state index contributed by atoms with van der Waals surface area (Å²) in [7, 11) is 3.23. The first-order valence-electron chi connectivity index (χ1n) is 11.1. The van der Waals surface area contributed by atoms with Gasteiger partial charge in [-0.25, -0.2) is 4.98 Å². The normalized spacial score (nSPS) is 11.2. The van der Waals surface area contributed by atoms with Gasteiger partial charge < -0.3 is 24.3 Å². The largest absolute Gasteiger partial charge is 0.491 e. The van der Waals surface area contributed by atoms with E-state index in [4.69, 9.17) is 18.9 Å². The molecule has 182 valence electrons. The predicted molar refractivity (Wildman–Crippen MR) is 133 cm³/mol. The molecule has 3 aromatic rings. The molecule has 0 bridgehead atoms. The molecule has 0 saturated heterocycles. The topological polar surface area (TPSA) is 91.8 Å². The molecule has 35 heavy (non-hydrogen) atoms. The number of nitrogens with one attached hydrogen (secondary N) is 1. The van der Waals surface area contributed by atoms with Gasteiger partial charge in [0.2, 0.25) is 0 Å². The third-order valence-corrected chi connectivity index (χ3v) is 4.67. The minimum Gasteiger partial charge on any atom is -0.491 e. The van der Waals surface area contributed by atoms with Crippen molar-refractivity contribution in [3.8, 4) is 23.3 Å². The zero-order chi connectivity index (χ0) is 25.0. The standard InChI is InChI=1S/C27H29N3O5/c1-19-16-29-26(17-28-19)30-27(31)23-12-22(14-25(15-23)35-20(2)18-33-4)9-8-21-6-5-7-24(13-21)34-11-10-32-3/h5-7,12-17,20H,10-11,18H2,1-4H3,(H,29,30,31)/t20-/m0/s1. The highest BCUT2D eigenvalue weighted by atomic mass is 16.5. The number of hydrogen-bond acceptors (Lipinski definition) is 7. The molecule has 3 rings (SSSR count). The van der Waals surface area contributed by atoms with Gasteiger partial charge in [0.05, 0.1) is 31.3 Å². The Morgan fingerprint density at radius 2 is 1.77 bits per heavy atom. The molecule has 1 atom stereocenters. The number of rotatable bonds is 10. The summed E-state index contributed by atoms with van der Waals surface area (Å²) in [6.07, 6.45) is 2.89. The van der Waals surface area contributed by atoms with E-state index in [1.807, 2.05) is 38.1 Å². The van der Waals surface area contributed by atoms with Gasteiger partial charge in [-0.3, -0.25) is 9.78 Å². The molecular weight excluding hydrogens is 446 g/mol. The van der Waals surface area contributed by atoms with Crippen molar-refractivity contribution in [1.29, 1.82) is 0 Å². The van der Waals surface area contributed by atoms with Crippen LogP contribution in [0.2, 0.25) is 0 Å². The molecule has 2 aromatic carbocycles. The van der Waals surface area contributed by atoms with E-state index in [2.05, 4.69) is 27.1 Å². The smallest absolute Gasteiger partial charge is 0.257 e. The number of methoxy groups -OCH3 is 2. The minimum atomic E-state index is -0.343. The molecule has 1 heterocycles. The number of hydrogen-bond donors (Lipinski definition) is 1. The van der Waals surface area contributed by atoms with E-state index < -0.39 is 0 Å². The van der Waals surface area contributed by atoms with Crippen LogP contribution in [0.4, 0.5) is 5.82 Å². The summed E-state index contributed by atoms with van der Waals surface area (Å²) in [5.41, 5.74) is 2.55. The Balaban J connectivity index is 1.85. The van der Waals surface area contributed by atoms with Gasteiger partial charge in [-0.15, -0.1) is 0 Å². The summed E-state index contributed by atoms with van der Waals surface area (Å²) in [6.45, 7) is 5.08. The molecule has 0 aliphatic rings. The summed E-state index contributed by atoms with van der Waals surface area (Å²) in [6, 6.07) is 12.6. The SMILES string of the molecule is COCCOc1cccc(C#Cc2cc(O[C@@H](C)COC)cc(C(=O)Nc3cnc(C)cn3)c2)c1. The van der Waals surface area contributed by atoms with Gasteiger partial charge in [0.25, 0.3) is 5.91 Å². The lowest BCUT2D eigenvalue weighted by molar-refractivity contribution is 0.0917. The van der Waals surface area contributed by atoms with E-state index in [0.29, 0.717) is 48.3 Å². The first-order valence-corrected chi connectivity index (χ1v) is 11.1. The fourth-order valence-electron chi connectivity index (χ4n) is 3.07. The molecule has 0 unspecified atom stereocenters. The van der Waals surface area contributed by atoms with Crippen molar-refractivity contribution < 1.29 is 23.7 Å². The van der Waals surface area contributed by atoms with Crippen LogP contribution in [0.15, 0.2) is 54.9 Å². The van der Waals surface area contributed by atoms with E-state index in [1.54, 1.807) is 38.6 Å². The van der Waals surface area contributed by atoms with Crippen molar-refractivity contribution in [2.24, 2.45) is 0 Å². The lowest BCUT2D eigenvalue weighted by atomic mass is 10.1. The highest BCUT2D eigenvalue weighted by Gasteiger charge is 2.12. The highest BCUT2D eigenvalue weighted by molar-refractivity contribution is 6.04. The Hall–Kier alpha value is -3.93. The summed E-state index contributed by atoms with van der Waals surface area (Å²) in [4.78, 5) is 21.3. The van der Waals surface area contributed by atoms with Gasteiger partial charge in [-0.05, 0) is 50.2 Å². The molecule has 1 aromatic heterocycles. The number of aromatic nitrogens is 2. The average molecular weight is 476 g/mol. The zero-order valence-electron chi connectivity index (χ0n) is 20.3. The van der Waals surface area contributed by atoms with Gasteiger partial charge in [0.1, 0.15) is 24.2 Å². The predicted octanol–water partition coefficient (Wildman–Crippen LogP) is 3.88. The van der Waals surface area contributed by atoms with Crippen LogP contribution in [0.25, 0.3) is 0 Å². The lowest BCUT2D eigenvalue weighted by Gasteiger charge is -2.15. The van der Waals surface area contributed by atoms with Gasteiger partial charge >= 0.3 is 0 Å². The van der Waals surface area contributed by atoms with E-state index in [-0.39, 0.29) is 12.0 Å². The van der Waals surface area contributed by atoms with Crippen LogP contribution in [0.1, 0.15) is 34.1 Å². The third-order valence-electron chi connectivity index (χ3n) is 4.67. The number of anilines is 1. The number of carbonyl (C=O) groups is 1. The van der Waals surface area contributed by atoms with Gasteiger partial charge in [-0.1, -0.05) is 17.9 Å². The first-order chi connectivity index (χ1) is 17.0. The Morgan fingerprint density at radius 1 is 0.971 bits per heavy atom. The van der Waals surface area contributed by atoms with E-state index in [0.717, 1.165) is 11.3 Å². The van der Waals surface area contributed by atoms with Crippen molar-refractivity contribution in [1.82, 2.24) is 9.97 Å². The van der Waals surface area contributed by atoms with Gasteiger partial charge in [-0.2, -0.15) is 0 Å². The third kappa shape index (κ3) is 8.41. The number of ether oxygens (including phenoxy) is 4. The molecule has 8 nitrogen and oxygen atoms in total. The number of carbonyl (C=O) groups excluding carboxylic acids is 1. The van der Waals surface area contributed by atoms with Crippen LogP contribution in [0, 0.1) is 18.8 Å². The fourth-order valence-corrected chi connectivity index (χ4v) is 3.07. The lowest BCUT2D eigenvalue weighted by Crippen LogP contribution is -2.19. The van der Waals surface area contributed by atoms with Crippen LogP contribution in [0.3, 0.4) is 0 Å². The van der Waals surface area contributed by atoms with Crippen LogP contribution in [0.5, 0.6) is 11.5 Å². The van der Waals surface area contributed by atoms with Crippen molar-refractivity contribution in [2.45, 2.75) is 20.0 Å². The maximum absolute atomic E-state index is 12.9. The molecule has 0 fully saturated rings. The Labute approximate surface area is 205 Å². The summed E-state index contributed by atoms with van der Waals surface area (Å²) in [5, 5.41) is 2.76. The Bertz CT molecular complexity index is 1190. The fraction of sp³-hybridized carbons (Fsp3) is 0.296. The quantitative estimate of drug-likeness (QED) is 0.351. The summed E-state index contributed by atoms with van der Waals surface area (Å²) in [5.74, 6) is 7.48. The highest BCUT2D eigenvalue weighted by Crippen LogP contribution is 2.20. The van der Waals surface area contributed by atoms with Crippen LogP contribution < -0.4 is 14.8 Å². The van der Waals surface area contributed by atoms with Crippen molar-refractivity contribution >= 4 is 11.7 Å². The number of aryl methyl sites for hydroxylation is 1. The van der Waals surface area contributed by atoms with Crippen molar-refractivity contribution in [3.05, 3.63) is 77.2 Å².